The highest BCUT2D eigenvalue weighted by Gasteiger charge is 2.17. The quantitative estimate of drug-likeness (QED) is 0.593. The van der Waals surface area contributed by atoms with Crippen LogP contribution in [0, 0.1) is 6.92 Å². The van der Waals surface area contributed by atoms with Crippen molar-refractivity contribution in [3.05, 3.63) is 66.2 Å². The monoisotopic (exact) mass is 313 g/mol. The number of nitrogens with two attached hydrogens (primary N) is 1. The zero-order valence-corrected chi connectivity index (χ0v) is 12.8. The van der Waals surface area contributed by atoms with Gasteiger partial charge in [-0.15, -0.1) is 0 Å². The lowest BCUT2D eigenvalue weighted by atomic mass is 10.1. The van der Waals surface area contributed by atoms with Crippen LogP contribution in [0.3, 0.4) is 0 Å². The van der Waals surface area contributed by atoms with Crippen molar-refractivity contribution in [2.75, 3.05) is 5.73 Å². The molecule has 0 aliphatic rings. The van der Waals surface area contributed by atoms with Crippen LogP contribution >= 0.6 is 0 Å². The Morgan fingerprint density at radius 1 is 0.955 bits per heavy atom. The van der Waals surface area contributed by atoms with Gasteiger partial charge in [0.05, 0.1) is 0 Å². The Kier molecular flexibility index (Phi) is 3.50. The highest BCUT2D eigenvalue weighted by atomic mass is 32.2. The predicted octanol–water partition coefficient (Wildman–Crippen LogP) is 3.50. The molecule has 0 unspecified atom stereocenters. The van der Waals surface area contributed by atoms with Gasteiger partial charge in [0.1, 0.15) is 10.6 Å². The van der Waals surface area contributed by atoms with Crippen molar-refractivity contribution in [2.24, 2.45) is 0 Å². The van der Waals surface area contributed by atoms with Gasteiger partial charge in [0.15, 0.2) is 0 Å². The lowest BCUT2D eigenvalue weighted by molar-refractivity contribution is 0.486. The Labute approximate surface area is 129 Å². The van der Waals surface area contributed by atoms with Gasteiger partial charge < -0.3 is 9.92 Å². The second kappa shape index (κ2) is 5.35. The fourth-order valence-electron chi connectivity index (χ4n) is 2.21. The van der Waals surface area contributed by atoms with Crippen molar-refractivity contribution < 1.29 is 12.6 Å². The molecule has 0 saturated carbocycles. The molecule has 0 fully saturated rings. The minimum atomic E-state index is -3.87. The van der Waals surface area contributed by atoms with Gasteiger partial charge in [0.25, 0.3) is 0 Å². The van der Waals surface area contributed by atoms with E-state index in [0.717, 1.165) is 16.3 Å². The maximum Gasteiger partial charge on any atom is 0.339 e. The summed E-state index contributed by atoms with van der Waals surface area (Å²) in [6, 6.07) is 17.0. The molecule has 112 valence electrons. The van der Waals surface area contributed by atoms with Crippen LogP contribution in [0.4, 0.5) is 5.69 Å². The summed E-state index contributed by atoms with van der Waals surface area (Å²) in [6.07, 6.45) is 0. The molecule has 5 heteroatoms. The molecule has 3 rings (SSSR count). The zero-order chi connectivity index (χ0) is 15.7. The van der Waals surface area contributed by atoms with Gasteiger partial charge in [-0.2, -0.15) is 8.42 Å². The number of benzene rings is 3. The molecule has 2 N–H and O–H groups in total. The third-order valence-electron chi connectivity index (χ3n) is 3.40. The molecule has 0 aromatic heterocycles. The molecule has 0 bridgehead atoms. The second-order valence-electron chi connectivity index (χ2n) is 5.08. The van der Waals surface area contributed by atoms with E-state index >= 15 is 0 Å². The standard InChI is InChI=1S/C17H15NO3S/c1-12-5-7-14(8-6-12)21-22(19,20)15-9-10-16-13(11-15)3-2-4-17(16)18/h2-11H,18H2,1H3. The molecule has 0 heterocycles. The number of nitrogen functional groups attached to an aromatic ring is 1. The van der Waals surface area contributed by atoms with Crippen LogP contribution in [0.25, 0.3) is 10.8 Å². The molecule has 0 aliphatic heterocycles. The molecule has 0 amide bonds. The summed E-state index contributed by atoms with van der Waals surface area (Å²) in [5, 5.41) is 1.57. The molecule has 0 atom stereocenters. The second-order valence-corrected chi connectivity index (χ2v) is 6.63. The molecule has 0 spiro atoms. The SMILES string of the molecule is Cc1ccc(OS(=O)(=O)c2ccc3c(N)cccc3c2)cc1. The molecule has 3 aromatic carbocycles. The third kappa shape index (κ3) is 2.76. The van der Waals surface area contributed by atoms with Crippen molar-refractivity contribution in [2.45, 2.75) is 11.8 Å². The summed E-state index contributed by atoms with van der Waals surface area (Å²) in [6.45, 7) is 1.92. The molecule has 0 aliphatic carbocycles. The lowest BCUT2D eigenvalue weighted by Crippen LogP contribution is -2.09. The molecular weight excluding hydrogens is 298 g/mol. The van der Waals surface area contributed by atoms with Crippen LogP contribution in [0.15, 0.2) is 65.6 Å². The van der Waals surface area contributed by atoms with E-state index in [-0.39, 0.29) is 4.90 Å². The molecule has 0 saturated heterocycles. The van der Waals surface area contributed by atoms with Crippen LogP contribution in [0.5, 0.6) is 5.75 Å². The van der Waals surface area contributed by atoms with E-state index < -0.39 is 10.1 Å². The predicted molar refractivity (Wildman–Crippen MR) is 87.4 cm³/mol. The van der Waals surface area contributed by atoms with E-state index in [9.17, 15) is 8.42 Å². The first kappa shape index (κ1) is 14.4. The highest BCUT2D eigenvalue weighted by molar-refractivity contribution is 7.87. The Morgan fingerprint density at radius 2 is 1.68 bits per heavy atom. The van der Waals surface area contributed by atoms with E-state index in [1.54, 1.807) is 48.5 Å². The summed E-state index contributed by atoms with van der Waals surface area (Å²) < 4.78 is 29.9. The van der Waals surface area contributed by atoms with E-state index in [1.165, 1.54) is 6.07 Å². The summed E-state index contributed by atoms with van der Waals surface area (Å²) in [5.74, 6) is 0.290. The lowest BCUT2D eigenvalue weighted by Gasteiger charge is -2.09. The van der Waals surface area contributed by atoms with Crippen molar-refractivity contribution in [1.82, 2.24) is 0 Å². The fraction of sp³-hybridized carbons (Fsp3) is 0.0588. The Hall–Kier alpha value is -2.53. The minimum absolute atomic E-state index is 0.103. The first-order valence-electron chi connectivity index (χ1n) is 6.75. The van der Waals surface area contributed by atoms with E-state index in [4.69, 9.17) is 9.92 Å². The number of anilines is 1. The summed E-state index contributed by atoms with van der Waals surface area (Å²) in [7, 11) is -3.87. The third-order valence-corrected chi connectivity index (χ3v) is 4.64. The Balaban J connectivity index is 2.00. The Bertz CT molecular complexity index is 932. The zero-order valence-electron chi connectivity index (χ0n) is 12.0. The van der Waals surface area contributed by atoms with Gasteiger partial charge in [-0.1, -0.05) is 35.9 Å². The molecule has 3 aromatic rings. The van der Waals surface area contributed by atoms with Gasteiger partial charge in [-0.25, -0.2) is 0 Å². The largest absolute Gasteiger partial charge is 0.398 e. The molecule has 22 heavy (non-hydrogen) atoms. The number of rotatable bonds is 3. The summed E-state index contributed by atoms with van der Waals surface area (Å²) in [4.78, 5) is 0.103. The van der Waals surface area contributed by atoms with Crippen LogP contribution in [0.2, 0.25) is 0 Å². The van der Waals surface area contributed by atoms with Gasteiger partial charge >= 0.3 is 10.1 Å². The maximum absolute atomic E-state index is 12.4. The molecule has 4 nitrogen and oxygen atoms in total. The highest BCUT2D eigenvalue weighted by Crippen LogP contribution is 2.25. The van der Waals surface area contributed by atoms with E-state index in [2.05, 4.69) is 0 Å². The first-order chi connectivity index (χ1) is 10.5. The number of fused-ring (bicyclic) bond motifs is 1. The van der Waals surface area contributed by atoms with E-state index in [1.807, 2.05) is 13.0 Å². The number of hydrogen-bond acceptors (Lipinski definition) is 4. The first-order valence-corrected chi connectivity index (χ1v) is 8.16. The van der Waals surface area contributed by atoms with E-state index in [0.29, 0.717) is 11.4 Å². The van der Waals surface area contributed by atoms with Crippen molar-refractivity contribution in [3.8, 4) is 5.75 Å². The normalized spacial score (nSPS) is 11.5. The van der Waals surface area contributed by atoms with Gasteiger partial charge in [-0.3, -0.25) is 0 Å². The van der Waals surface area contributed by atoms with Crippen LogP contribution in [-0.4, -0.2) is 8.42 Å². The topological polar surface area (TPSA) is 69.4 Å². The molecule has 0 radical (unpaired) electrons. The fourth-order valence-corrected chi connectivity index (χ4v) is 3.18. The van der Waals surface area contributed by atoms with Gasteiger partial charge in [0, 0.05) is 11.1 Å². The average molecular weight is 313 g/mol. The van der Waals surface area contributed by atoms with Crippen molar-refractivity contribution in [3.63, 3.8) is 0 Å². The maximum atomic E-state index is 12.4. The summed E-state index contributed by atoms with van der Waals surface area (Å²) in [5.41, 5.74) is 7.52. The summed E-state index contributed by atoms with van der Waals surface area (Å²) >= 11 is 0. The smallest absolute Gasteiger partial charge is 0.339 e. The minimum Gasteiger partial charge on any atom is -0.398 e. The van der Waals surface area contributed by atoms with Gasteiger partial charge in [0.2, 0.25) is 0 Å². The average Bonchev–Trinajstić information content (AvgIpc) is 2.49. The van der Waals surface area contributed by atoms with Crippen molar-refractivity contribution in [1.29, 1.82) is 0 Å². The van der Waals surface area contributed by atoms with Gasteiger partial charge in [-0.05, 0) is 42.6 Å². The van der Waals surface area contributed by atoms with Crippen LogP contribution in [-0.2, 0) is 10.1 Å². The Morgan fingerprint density at radius 3 is 2.41 bits per heavy atom. The molecular formula is C17H15NO3S. The van der Waals surface area contributed by atoms with Crippen LogP contribution in [0.1, 0.15) is 5.56 Å². The number of hydrogen-bond donors (Lipinski definition) is 1. The van der Waals surface area contributed by atoms with Crippen LogP contribution < -0.4 is 9.92 Å². The van der Waals surface area contributed by atoms with Crippen molar-refractivity contribution >= 4 is 26.6 Å². The number of aryl methyl sites for hydroxylation is 1.